The molecule has 2 aromatic carbocycles. The molecule has 0 aliphatic heterocycles. The predicted octanol–water partition coefficient (Wildman–Crippen LogP) is 4.41. The maximum absolute atomic E-state index is 4.60. The Balaban J connectivity index is 1.87. The van der Waals surface area contributed by atoms with Crippen LogP contribution in [0.5, 0.6) is 0 Å². The van der Waals surface area contributed by atoms with Crippen molar-refractivity contribution in [3.05, 3.63) is 65.9 Å². The second-order valence-corrected chi connectivity index (χ2v) is 6.17. The summed E-state index contributed by atoms with van der Waals surface area (Å²) in [7, 11) is 1.95. The molecule has 0 aliphatic carbocycles. The number of hydrogen-bond acceptors (Lipinski definition) is 3. The molecule has 3 heteroatoms. The van der Waals surface area contributed by atoms with Crippen molar-refractivity contribution in [2.24, 2.45) is 0 Å². The first-order chi connectivity index (χ1) is 10.3. The molecule has 106 valence electrons. The fraction of sp³-hybridized carbons (Fsp3) is 0.167. The van der Waals surface area contributed by atoms with Gasteiger partial charge in [-0.2, -0.15) is 0 Å². The summed E-state index contributed by atoms with van der Waals surface area (Å²) in [5.74, 6) is 0. The van der Waals surface area contributed by atoms with Gasteiger partial charge in [-0.15, -0.1) is 0 Å². The Morgan fingerprint density at radius 3 is 2.62 bits per heavy atom. The van der Waals surface area contributed by atoms with E-state index < -0.39 is 0 Å². The second kappa shape index (κ2) is 6.29. The first-order valence-corrected chi connectivity index (χ1v) is 7.85. The van der Waals surface area contributed by atoms with Gasteiger partial charge < -0.3 is 5.32 Å². The number of fused-ring (bicyclic) bond motifs is 1. The summed E-state index contributed by atoms with van der Waals surface area (Å²) < 4.78 is 0. The largest absolute Gasteiger partial charge is 0.316 e. The number of hydrogen-bond donors (Lipinski definition) is 1. The quantitative estimate of drug-likeness (QED) is 0.771. The molecule has 21 heavy (non-hydrogen) atoms. The summed E-state index contributed by atoms with van der Waals surface area (Å²) in [5, 5.41) is 6.77. The molecular formula is C18H18N2S. The predicted molar refractivity (Wildman–Crippen MR) is 89.8 cm³/mol. The molecule has 0 spiro atoms. The minimum atomic E-state index is 0.856. The van der Waals surface area contributed by atoms with Crippen LogP contribution in [0.2, 0.25) is 0 Å². The average Bonchev–Trinajstić information content (AvgIpc) is 2.50. The molecule has 1 heterocycles. The fourth-order valence-electron chi connectivity index (χ4n) is 2.37. The lowest BCUT2D eigenvalue weighted by Crippen LogP contribution is -2.05. The monoisotopic (exact) mass is 294 g/mol. The Hall–Kier alpha value is -1.84. The van der Waals surface area contributed by atoms with Crippen molar-refractivity contribution in [1.29, 1.82) is 0 Å². The number of benzene rings is 2. The molecule has 0 saturated carbocycles. The van der Waals surface area contributed by atoms with Gasteiger partial charge in [0.15, 0.2) is 0 Å². The van der Waals surface area contributed by atoms with Gasteiger partial charge >= 0.3 is 0 Å². The van der Waals surface area contributed by atoms with Crippen LogP contribution in [0.1, 0.15) is 11.1 Å². The molecule has 0 saturated heterocycles. The van der Waals surface area contributed by atoms with E-state index >= 15 is 0 Å². The van der Waals surface area contributed by atoms with Crippen LogP contribution in [0.4, 0.5) is 0 Å². The lowest BCUT2D eigenvalue weighted by Gasteiger charge is -2.08. The van der Waals surface area contributed by atoms with Crippen molar-refractivity contribution in [3.63, 3.8) is 0 Å². The van der Waals surface area contributed by atoms with E-state index in [2.05, 4.69) is 65.8 Å². The van der Waals surface area contributed by atoms with Gasteiger partial charge in [0, 0.05) is 17.6 Å². The van der Waals surface area contributed by atoms with E-state index in [1.807, 2.05) is 13.2 Å². The minimum absolute atomic E-state index is 0.856. The van der Waals surface area contributed by atoms with Gasteiger partial charge in [-0.05, 0) is 48.0 Å². The Morgan fingerprint density at radius 1 is 1.05 bits per heavy atom. The molecule has 3 rings (SSSR count). The van der Waals surface area contributed by atoms with Crippen LogP contribution in [0.25, 0.3) is 10.8 Å². The molecule has 0 amide bonds. The van der Waals surface area contributed by atoms with Gasteiger partial charge in [0.25, 0.3) is 0 Å². The topological polar surface area (TPSA) is 24.9 Å². The van der Waals surface area contributed by atoms with E-state index in [1.54, 1.807) is 11.8 Å². The van der Waals surface area contributed by atoms with Crippen LogP contribution in [-0.4, -0.2) is 12.0 Å². The maximum atomic E-state index is 4.60. The summed E-state index contributed by atoms with van der Waals surface area (Å²) in [4.78, 5) is 5.82. The van der Waals surface area contributed by atoms with Crippen LogP contribution in [0.3, 0.4) is 0 Å². The van der Waals surface area contributed by atoms with Gasteiger partial charge in [-0.1, -0.05) is 48.2 Å². The summed E-state index contributed by atoms with van der Waals surface area (Å²) in [6.07, 6.45) is 1.95. The number of aromatic nitrogens is 1. The highest BCUT2D eigenvalue weighted by Crippen LogP contribution is 2.31. The van der Waals surface area contributed by atoms with Crippen LogP contribution < -0.4 is 5.32 Å². The van der Waals surface area contributed by atoms with Gasteiger partial charge in [0.05, 0.1) is 0 Å². The third-order valence-corrected chi connectivity index (χ3v) is 4.51. The van der Waals surface area contributed by atoms with E-state index in [4.69, 9.17) is 0 Å². The molecule has 0 aliphatic rings. The van der Waals surface area contributed by atoms with Crippen molar-refractivity contribution in [2.75, 3.05) is 7.05 Å². The summed E-state index contributed by atoms with van der Waals surface area (Å²) >= 11 is 1.72. The number of aryl methyl sites for hydroxylation is 1. The molecule has 0 bridgehead atoms. The normalized spacial score (nSPS) is 11.0. The molecular weight excluding hydrogens is 276 g/mol. The van der Waals surface area contributed by atoms with Crippen molar-refractivity contribution in [2.45, 2.75) is 23.4 Å². The third-order valence-electron chi connectivity index (χ3n) is 3.40. The maximum Gasteiger partial charge on any atom is 0.104 e. The van der Waals surface area contributed by atoms with E-state index in [9.17, 15) is 0 Å². The molecule has 1 N–H and O–H groups in total. The number of rotatable bonds is 4. The highest BCUT2D eigenvalue weighted by molar-refractivity contribution is 7.99. The van der Waals surface area contributed by atoms with Gasteiger partial charge in [0.2, 0.25) is 0 Å². The van der Waals surface area contributed by atoms with Gasteiger partial charge in [-0.3, -0.25) is 0 Å². The van der Waals surface area contributed by atoms with Crippen molar-refractivity contribution < 1.29 is 0 Å². The zero-order chi connectivity index (χ0) is 14.7. The number of pyridine rings is 1. The van der Waals surface area contributed by atoms with E-state index in [-0.39, 0.29) is 0 Å². The molecule has 0 radical (unpaired) electrons. The highest BCUT2D eigenvalue weighted by Gasteiger charge is 2.05. The number of nitrogens with one attached hydrogen (secondary N) is 1. The third kappa shape index (κ3) is 3.26. The fourth-order valence-corrected chi connectivity index (χ4v) is 3.24. The summed E-state index contributed by atoms with van der Waals surface area (Å²) in [6.45, 7) is 2.98. The zero-order valence-electron chi connectivity index (χ0n) is 12.3. The first-order valence-electron chi connectivity index (χ1n) is 7.03. The molecule has 0 unspecified atom stereocenters. The Bertz CT molecular complexity index is 768. The second-order valence-electron chi connectivity index (χ2n) is 5.11. The molecule has 2 nitrogen and oxygen atoms in total. The van der Waals surface area contributed by atoms with Gasteiger partial charge in [-0.25, -0.2) is 4.98 Å². The molecule has 3 aromatic rings. The smallest absolute Gasteiger partial charge is 0.104 e. The molecule has 0 atom stereocenters. The van der Waals surface area contributed by atoms with E-state index in [0.29, 0.717) is 0 Å². The van der Waals surface area contributed by atoms with E-state index in [1.165, 1.54) is 26.8 Å². The first kappa shape index (κ1) is 14.1. The van der Waals surface area contributed by atoms with Crippen LogP contribution in [-0.2, 0) is 6.54 Å². The van der Waals surface area contributed by atoms with Crippen molar-refractivity contribution >= 4 is 22.5 Å². The lowest BCUT2D eigenvalue weighted by molar-refractivity contribution is 0.807. The Labute approximate surface area is 129 Å². The van der Waals surface area contributed by atoms with Crippen molar-refractivity contribution in [3.8, 4) is 0 Å². The summed E-state index contributed by atoms with van der Waals surface area (Å²) in [6, 6.07) is 17.2. The van der Waals surface area contributed by atoms with Crippen molar-refractivity contribution in [1.82, 2.24) is 10.3 Å². The molecule has 1 aromatic heterocycles. The Morgan fingerprint density at radius 2 is 1.86 bits per heavy atom. The van der Waals surface area contributed by atoms with E-state index in [0.717, 1.165) is 11.6 Å². The van der Waals surface area contributed by atoms with Crippen LogP contribution in [0, 0.1) is 6.92 Å². The highest BCUT2D eigenvalue weighted by atomic mass is 32.2. The van der Waals surface area contributed by atoms with Crippen LogP contribution >= 0.6 is 11.8 Å². The minimum Gasteiger partial charge on any atom is -0.316 e. The standard InChI is InChI=1S/C18H18N2S/c1-13-9-14(11-19-2)12-20-18(13)21-17-8-7-15-5-3-4-6-16(15)10-17/h3-10,12,19H,11H2,1-2H3. The lowest BCUT2D eigenvalue weighted by atomic mass is 10.1. The van der Waals surface area contributed by atoms with Crippen LogP contribution in [0.15, 0.2) is 64.6 Å². The van der Waals surface area contributed by atoms with Gasteiger partial charge in [0.1, 0.15) is 5.03 Å². The number of nitrogens with zero attached hydrogens (tertiary/aromatic N) is 1. The average molecular weight is 294 g/mol. The SMILES string of the molecule is CNCc1cnc(Sc2ccc3ccccc3c2)c(C)c1. The zero-order valence-corrected chi connectivity index (χ0v) is 13.1. The molecule has 0 fully saturated rings. The summed E-state index contributed by atoms with van der Waals surface area (Å²) in [5.41, 5.74) is 2.44. The Kier molecular flexibility index (Phi) is 4.23.